The Labute approximate surface area is 102 Å². The highest BCUT2D eigenvalue weighted by atomic mass is 19.1. The minimum Gasteiger partial charge on any atom is -0.228 e. The van der Waals surface area contributed by atoms with Crippen LogP contribution in [0.4, 0.5) is 4.39 Å². The van der Waals surface area contributed by atoms with Crippen molar-refractivity contribution in [3.63, 3.8) is 0 Å². The molecule has 0 spiro atoms. The first-order chi connectivity index (χ1) is 8.20. The van der Waals surface area contributed by atoms with Gasteiger partial charge in [-0.05, 0) is 60.1 Å². The van der Waals surface area contributed by atoms with Gasteiger partial charge in [0, 0.05) is 6.20 Å². The molecule has 0 bridgehead atoms. The monoisotopic (exact) mass is 233 g/mol. The molecule has 5 atom stereocenters. The van der Waals surface area contributed by atoms with Gasteiger partial charge < -0.3 is 0 Å². The van der Waals surface area contributed by atoms with Crippen molar-refractivity contribution in [3.05, 3.63) is 29.8 Å². The van der Waals surface area contributed by atoms with Gasteiger partial charge in [0.2, 0.25) is 5.95 Å². The standard InChI is InChI=1S/C15H20FN/c1-3-10-6-12(7-13-9(2)15(10)13)11-4-5-17-14(16)8-11/h4-5,8-10,12-13,15H,3,6-7H2,1-2H3. The molecule has 1 aromatic rings. The molecule has 0 N–H and O–H groups in total. The Bertz CT molecular complexity index is 417. The molecule has 17 heavy (non-hydrogen) atoms. The highest BCUT2D eigenvalue weighted by Crippen LogP contribution is 2.61. The van der Waals surface area contributed by atoms with Gasteiger partial charge in [-0.25, -0.2) is 4.98 Å². The first-order valence-electron chi connectivity index (χ1n) is 6.82. The molecule has 2 aliphatic rings. The summed E-state index contributed by atoms with van der Waals surface area (Å²) in [6.45, 7) is 4.68. The molecule has 1 heterocycles. The summed E-state index contributed by atoms with van der Waals surface area (Å²) in [6.07, 6.45) is 5.38. The average Bonchev–Trinajstić information content (AvgIpc) is 3.00. The van der Waals surface area contributed by atoms with Crippen molar-refractivity contribution in [2.45, 2.75) is 39.0 Å². The van der Waals surface area contributed by atoms with Crippen molar-refractivity contribution in [1.82, 2.24) is 4.98 Å². The van der Waals surface area contributed by atoms with E-state index in [0.717, 1.165) is 29.2 Å². The van der Waals surface area contributed by atoms with Crippen LogP contribution in [0.25, 0.3) is 0 Å². The highest BCUT2D eigenvalue weighted by molar-refractivity contribution is 5.20. The van der Waals surface area contributed by atoms with Crippen LogP contribution in [0.2, 0.25) is 0 Å². The normalized spacial score (nSPS) is 39.8. The molecule has 0 aromatic carbocycles. The fourth-order valence-corrected chi connectivity index (χ4v) is 4.06. The molecule has 92 valence electrons. The second kappa shape index (κ2) is 4.08. The van der Waals surface area contributed by atoms with Crippen molar-refractivity contribution >= 4 is 0 Å². The molecule has 3 rings (SSSR count). The minimum absolute atomic E-state index is 0.332. The molecule has 1 nitrogen and oxygen atoms in total. The number of hydrogen-bond donors (Lipinski definition) is 0. The van der Waals surface area contributed by atoms with Gasteiger partial charge in [-0.3, -0.25) is 0 Å². The summed E-state index contributed by atoms with van der Waals surface area (Å²) in [5, 5.41) is 0. The molecule has 0 radical (unpaired) electrons. The Kier molecular flexibility index (Phi) is 2.68. The molecule has 1 aromatic heterocycles. The van der Waals surface area contributed by atoms with E-state index in [0.29, 0.717) is 5.92 Å². The van der Waals surface area contributed by atoms with E-state index in [9.17, 15) is 4.39 Å². The Morgan fingerprint density at radius 1 is 1.41 bits per heavy atom. The van der Waals surface area contributed by atoms with Gasteiger partial charge in [0.15, 0.2) is 0 Å². The predicted molar refractivity (Wildman–Crippen MR) is 66.1 cm³/mol. The number of nitrogens with zero attached hydrogens (tertiary/aromatic N) is 1. The van der Waals surface area contributed by atoms with Crippen LogP contribution in [0.1, 0.15) is 44.6 Å². The van der Waals surface area contributed by atoms with Crippen LogP contribution in [0.15, 0.2) is 18.3 Å². The Morgan fingerprint density at radius 3 is 2.94 bits per heavy atom. The van der Waals surface area contributed by atoms with E-state index in [1.54, 1.807) is 12.3 Å². The summed E-state index contributed by atoms with van der Waals surface area (Å²) in [4.78, 5) is 3.65. The minimum atomic E-state index is -0.332. The summed E-state index contributed by atoms with van der Waals surface area (Å²) < 4.78 is 13.2. The van der Waals surface area contributed by atoms with Gasteiger partial charge in [-0.2, -0.15) is 4.39 Å². The van der Waals surface area contributed by atoms with E-state index in [2.05, 4.69) is 18.8 Å². The number of fused-ring (bicyclic) bond motifs is 1. The molecule has 2 aliphatic carbocycles. The van der Waals surface area contributed by atoms with Crippen LogP contribution in [-0.4, -0.2) is 4.98 Å². The second-order valence-electron chi connectivity index (χ2n) is 5.85. The van der Waals surface area contributed by atoms with Gasteiger partial charge in [0.1, 0.15) is 0 Å². The zero-order valence-corrected chi connectivity index (χ0v) is 10.6. The van der Waals surface area contributed by atoms with Crippen molar-refractivity contribution in [2.75, 3.05) is 0 Å². The van der Waals surface area contributed by atoms with E-state index in [1.165, 1.54) is 19.3 Å². The maximum Gasteiger partial charge on any atom is 0.213 e. The number of aromatic nitrogens is 1. The molecular weight excluding hydrogens is 213 g/mol. The van der Waals surface area contributed by atoms with Crippen LogP contribution in [0.5, 0.6) is 0 Å². The molecule has 5 unspecified atom stereocenters. The highest BCUT2D eigenvalue weighted by Gasteiger charge is 2.54. The van der Waals surface area contributed by atoms with E-state index >= 15 is 0 Å². The second-order valence-corrected chi connectivity index (χ2v) is 5.85. The molecule has 2 fully saturated rings. The van der Waals surface area contributed by atoms with Gasteiger partial charge in [0.25, 0.3) is 0 Å². The van der Waals surface area contributed by atoms with E-state index < -0.39 is 0 Å². The van der Waals surface area contributed by atoms with Gasteiger partial charge >= 0.3 is 0 Å². The van der Waals surface area contributed by atoms with Crippen LogP contribution in [-0.2, 0) is 0 Å². The van der Waals surface area contributed by atoms with Crippen LogP contribution in [0, 0.1) is 29.6 Å². The van der Waals surface area contributed by atoms with Gasteiger partial charge in [-0.15, -0.1) is 0 Å². The van der Waals surface area contributed by atoms with Crippen LogP contribution < -0.4 is 0 Å². The fourth-order valence-electron chi connectivity index (χ4n) is 4.06. The Hall–Kier alpha value is -0.920. The lowest BCUT2D eigenvalue weighted by molar-refractivity contribution is 0.293. The average molecular weight is 233 g/mol. The van der Waals surface area contributed by atoms with Crippen molar-refractivity contribution in [3.8, 4) is 0 Å². The van der Waals surface area contributed by atoms with Crippen molar-refractivity contribution in [1.29, 1.82) is 0 Å². The molecule has 0 saturated heterocycles. The Morgan fingerprint density at radius 2 is 2.24 bits per heavy atom. The predicted octanol–water partition coefficient (Wildman–Crippen LogP) is 4.01. The van der Waals surface area contributed by atoms with Crippen LogP contribution in [0.3, 0.4) is 0 Å². The summed E-state index contributed by atoms with van der Waals surface area (Å²) in [5.74, 6) is 3.84. The summed E-state index contributed by atoms with van der Waals surface area (Å²) in [7, 11) is 0. The third-order valence-corrected chi connectivity index (χ3v) is 5.07. The maximum atomic E-state index is 13.2. The number of hydrogen-bond acceptors (Lipinski definition) is 1. The molecule has 0 aliphatic heterocycles. The molecule has 2 heteroatoms. The fraction of sp³-hybridized carbons (Fsp3) is 0.667. The number of halogens is 1. The van der Waals surface area contributed by atoms with Gasteiger partial charge in [-0.1, -0.05) is 20.3 Å². The Balaban J connectivity index is 1.81. The summed E-state index contributed by atoms with van der Waals surface area (Å²) in [6, 6.07) is 3.62. The molecular formula is C15H20FN. The molecule has 2 saturated carbocycles. The largest absolute Gasteiger partial charge is 0.228 e. The third-order valence-electron chi connectivity index (χ3n) is 5.07. The maximum absolute atomic E-state index is 13.2. The number of rotatable bonds is 2. The number of pyridine rings is 1. The quantitative estimate of drug-likeness (QED) is 0.703. The van der Waals surface area contributed by atoms with E-state index in [4.69, 9.17) is 0 Å². The van der Waals surface area contributed by atoms with E-state index in [-0.39, 0.29) is 5.95 Å². The SMILES string of the molecule is CCC1CC(c2ccnc(F)c2)CC2C(C)C12. The first-order valence-corrected chi connectivity index (χ1v) is 6.82. The lowest BCUT2D eigenvalue weighted by Crippen LogP contribution is -2.16. The summed E-state index contributed by atoms with van der Waals surface area (Å²) >= 11 is 0. The zero-order chi connectivity index (χ0) is 12.0. The smallest absolute Gasteiger partial charge is 0.213 e. The van der Waals surface area contributed by atoms with E-state index in [1.807, 2.05) is 6.07 Å². The zero-order valence-electron chi connectivity index (χ0n) is 10.6. The van der Waals surface area contributed by atoms with Crippen molar-refractivity contribution in [2.24, 2.45) is 23.7 Å². The van der Waals surface area contributed by atoms with Crippen LogP contribution >= 0.6 is 0 Å². The summed E-state index contributed by atoms with van der Waals surface area (Å²) in [5.41, 5.74) is 1.16. The third kappa shape index (κ3) is 1.88. The van der Waals surface area contributed by atoms with Gasteiger partial charge in [0.05, 0.1) is 0 Å². The lowest BCUT2D eigenvalue weighted by atomic mass is 9.77. The van der Waals surface area contributed by atoms with Crippen molar-refractivity contribution < 1.29 is 4.39 Å². The first kappa shape index (κ1) is 11.2. The lowest BCUT2D eigenvalue weighted by Gasteiger charge is -2.28. The molecule has 0 amide bonds. The topological polar surface area (TPSA) is 12.9 Å².